The molecule has 74 valence electrons. The lowest BCUT2D eigenvalue weighted by molar-refractivity contribution is -0.135. The van der Waals surface area contributed by atoms with Crippen LogP contribution in [0.4, 0.5) is 0 Å². The predicted molar refractivity (Wildman–Crippen MR) is 55.6 cm³/mol. The van der Waals surface area contributed by atoms with Crippen LogP contribution in [0.5, 0.6) is 0 Å². The summed E-state index contributed by atoms with van der Waals surface area (Å²) in [6.07, 6.45) is 7.78. The van der Waals surface area contributed by atoms with Gasteiger partial charge in [0.05, 0.1) is 0 Å². The zero-order valence-electron chi connectivity index (χ0n) is 7.83. The summed E-state index contributed by atoms with van der Waals surface area (Å²) in [6, 6.07) is 0. The summed E-state index contributed by atoms with van der Waals surface area (Å²) < 4.78 is 4.90. The van der Waals surface area contributed by atoms with E-state index in [-0.39, 0.29) is 5.97 Å². The lowest BCUT2D eigenvalue weighted by Crippen LogP contribution is -2.10. The van der Waals surface area contributed by atoms with Gasteiger partial charge in [0.15, 0.2) is 0 Å². The van der Waals surface area contributed by atoms with Crippen LogP contribution in [0, 0.1) is 0 Å². The summed E-state index contributed by atoms with van der Waals surface area (Å²) in [6.45, 7) is 3.34. The highest BCUT2D eigenvalue weighted by atomic mass is 32.2. The Hall–Kier alpha value is -0.440. The summed E-state index contributed by atoms with van der Waals surface area (Å²) in [5.74, 6) is 0.165. The van der Waals surface area contributed by atoms with Gasteiger partial charge in [-0.15, -0.1) is 11.8 Å². The van der Waals surface area contributed by atoms with Gasteiger partial charge in [0.25, 0.3) is 0 Å². The topological polar surface area (TPSA) is 26.3 Å². The van der Waals surface area contributed by atoms with E-state index in [1.54, 1.807) is 11.8 Å². The second-order valence-electron chi connectivity index (χ2n) is 3.21. The van der Waals surface area contributed by atoms with Crippen molar-refractivity contribution in [1.82, 2.24) is 0 Å². The molecule has 0 atom stereocenters. The molecule has 0 saturated heterocycles. The summed E-state index contributed by atoms with van der Waals surface area (Å²) in [5.41, 5.74) is 0. The van der Waals surface area contributed by atoms with Gasteiger partial charge in [-0.05, 0) is 12.8 Å². The number of hydrogen-bond acceptors (Lipinski definition) is 3. The minimum Gasteiger partial charge on any atom is -0.451 e. The van der Waals surface area contributed by atoms with E-state index in [0.29, 0.717) is 11.2 Å². The molecule has 0 amide bonds. The number of hydrogen-bond donors (Lipinski definition) is 0. The van der Waals surface area contributed by atoms with Crippen LogP contribution in [0.15, 0.2) is 12.7 Å². The van der Waals surface area contributed by atoms with Crippen LogP contribution >= 0.6 is 11.8 Å². The number of rotatable bonds is 4. The first-order valence-corrected chi connectivity index (χ1v) is 5.78. The molecule has 0 aromatic carbocycles. The number of thioether (sulfide) groups is 1. The van der Waals surface area contributed by atoms with Gasteiger partial charge in [-0.3, -0.25) is 0 Å². The van der Waals surface area contributed by atoms with Crippen LogP contribution in [0.25, 0.3) is 0 Å². The molecule has 0 unspecified atom stereocenters. The standard InChI is InChI=1S/C10H16O2S/c1-2-10(11)12-8-13-9-6-4-3-5-7-9/h2,9H,1,3-8H2. The maximum Gasteiger partial charge on any atom is 0.330 e. The molecular weight excluding hydrogens is 184 g/mol. The molecule has 1 aliphatic carbocycles. The molecule has 0 spiro atoms. The molecule has 0 N–H and O–H groups in total. The molecule has 1 fully saturated rings. The van der Waals surface area contributed by atoms with Crippen molar-refractivity contribution < 1.29 is 9.53 Å². The minimum absolute atomic E-state index is 0.316. The molecule has 0 aromatic rings. The van der Waals surface area contributed by atoms with Gasteiger partial charge in [0, 0.05) is 11.3 Å². The quantitative estimate of drug-likeness (QED) is 0.396. The van der Waals surface area contributed by atoms with Crippen molar-refractivity contribution in [2.45, 2.75) is 37.4 Å². The normalized spacial score (nSPS) is 18.2. The van der Waals surface area contributed by atoms with E-state index < -0.39 is 0 Å². The monoisotopic (exact) mass is 200 g/mol. The fraction of sp³-hybridized carbons (Fsp3) is 0.700. The summed E-state index contributed by atoms with van der Waals surface area (Å²) in [7, 11) is 0. The summed E-state index contributed by atoms with van der Waals surface area (Å²) in [4.78, 5) is 10.7. The fourth-order valence-corrected chi connectivity index (χ4v) is 2.52. The molecule has 1 rings (SSSR count). The molecule has 1 aliphatic rings. The zero-order valence-corrected chi connectivity index (χ0v) is 8.65. The van der Waals surface area contributed by atoms with E-state index in [1.807, 2.05) is 0 Å². The Kier molecular flexibility index (Phi) is 4.98. The van der Waals surface area contributed by atoms with Crippen molar-refractivity contribution in [3.63, 3.8) is 0 Å². The van der Waals surface area contributed by atoms with Crippen LogP contribution in [0.3, 0.4) is 0 Å². The molecule has 0 bridgehead atoms. The van der Waals surface area contributed by atoms with Crippen LogP contribution in [0.1, 0.15) is 32.1 Å². The first kappa shape index (κ1) is 10.6. The van der Waals surface area contributed by atoms with Crippen molar-refractivity contribution >= 4 is 17.7 Å². The van der Waals surface area contributed by atoms with Crippen molar-refractivity contribution in [2.75, 3.05) is 5.94 Å². The van der Waals surface area contributed by atoms with E-state index in [9.17, 15) is 4.79 Å². The molecule has 2 nitrogen and oxygen atoms in total. The van der Waals surface area contributed by atoms with Gasteiger partial charge in [0.1, 0.15) is 5.94 Å². The fourth-order valence-electron chi connectivity index (χ4n) is 1.48. The first-order chi connectivity index (χ1) is 6.33. The van der Waals surface area contributed by atoms with Gasteiger partial charge >= 0.3 is 5.97 Å². The number of ether oxygens (including phenoxy) is 1. The minimum atomic E-state index is -0.316. The second-order valence-corrected chi connectivity index (χ2v) is 4.45. The van der Waals surface area contributed by atoms with Crippen LogP contribution < -0.4 is 0 Å². The molecule has 1 saturated carbocycles. The Balaban J connectivity index is 2.04. The van der Waals surface area contributed by atoms with Crippen LogP contribution in [-0.2, 0) is 9.53 Å². The Labute approximate surface area is 83.7 Å². The van der Waals surface area contributed by atoms with Gasteiger partial charge < -0.3 is 4.74 Å². The predicted octanol–water partition coefficient (Wildman–Crippen LogP) is 2.74. The van der Waals surface area contributed by atoms with Crippen molar-refractivity contribution in [2.24, 2.45) is 0 Å². The van der Waals surface area contributed by atoms with E-state index in [1.165, 1.54) is 38.2 Å². The summed E-state index contributed by atoms with van der Waals surface area (Å²) >= 11 is 1.75. The second kappa shape index (κ2) is 6.08. The average molecular weight is 200 g/mol. The van der Waals surface area contributed by atoms with Crippen LogP contribution in [0.2, 0.25) is 0 Å². The molecule has 3 heteroatoms. The third-order valence-corrected chi connectivity index (χ3v) is 3.42. The van der Waals surface area contributed by atoms with E-state index >= 15 is 0 Å². The third kappa shape index (κ3) is 4.36. The lowest BCUT2D eigenvalue weighted by atomic mass is 10.0. The van der Waals surface area contributed by atoms with Gasteiger partial charge in [-0.1, -0.05) is 25.8 Å². The summed E-state index contributed by atoms with van der Waals surface area (Å²) in [5, 5.41) is 0.700. The van der Waals surface area contributed by atoms with Gasteiger partial charge in [0.2, 0.25) is 0 Å². The smallest absolute Gasteiger partial charge is 0.330 e. The Morgan fingerprint density at radius 3 is 2.77 bits per heavy atom. The Morgan fingerprint density at radius 2 is 2.15 bits per heavy atom. The van der Waals surface area contributed by atoms with E-state index in [4.69, 9.17) is 4.74 Å². The van der Waals surface area contributed by atoms with Gasteiger partial charge in [-0.2, -0.15) is 0 Å². The lowest BCUT2D eigenvalue weighted by Gasteiger charge is -2.20. The Bertz CT molecular complexity index is 174. The van der Waals surface area contributed by atoms with Crippen molar-refractivity contribution in [3.05, 3.63) is 12.7 Å². The molecule has 0 aliphatic heterocycles. The van der Waals surface area contributed by atoms with E-state index in [2.05, 4.69) is 6.58 Å². The highest BCUT2D eigenvalue weighted by Crippen LogP contribution is 2.27. The average Bonchev–Trinajstić information content (AvgIpc) is 2.19. The molecule has 0 radical (unpaired) electrons. The zero-order chi connectivity index (χ0) is 9.52. The highest BCUT2D eigenvalue weighted by molar-refractivity contribution is 7.99. The van der Waals surface area contributed by atoms with Crippen molar-refractivity contribution in [1.29, 1.82) is 0 Å². The molecule has 13 heavy (non-hydrogen) atoms. The molecular formula is C10H16O2S. The van der Waals surface area contributed by atoms with Crippen LogP contribution in [-0.4, -0.2) is 17.2 Å². The first-order valence-electron chi connectivity index (χ1n) is 4.73. The van der Waals surface area contributed by atoms with Gasteiger partial charge in [-0.25, -0.2) is 4.79 Å². The number of carbonyl (C=O) groups excluding carboxylic acids is 1. The SMILES string of the molecule is C=CC(=O)OCSC1CCCCC1. The number of esters is 1. The Morgan fingerprint density at radius 1 is 1.46 bits per heavy atom. The largest absolute Gasteiger partial charge is 0.451 e. The number of carbonyl (C=O) groups is 1. The molecule has 0 aromatic heterocycles. The highest BCUT2D eigenvalue weighted by Gasteiger charge is 2.13. The molecule has 0 heterocycles. The maximum atomic E-state index is 10.7. The van der Waals surface area contributed by atoms with E-state index in [0.717, 1.165) is 0 Å². The van der Waals surface area contributed by atoms with Crippen molar-refractivity contribution in [3.8, 4) is 0 Å². The third-order valence-electron chi connectivity index (χ3n) is 2.22. The maximum absolute atomic E-state index is 10.7.